The van der Waals surface area contributed by atoms with E-state index < -0.39 is 11.0 Å². The fraction of sp³-hybridized carbons (Fsp3) is 0.529. The van der Waals surface area contributed by atoms with E-state index >= 15 is 0 Å². The molecule has 0 aliphatic carbocycles. The third-order valence-corrected chi connectivity index (χ3v) is 3.31. The highest BCUT2D eigenvalue weighted by Gasteiger charge is 2.26. The van der Waals surface area contributed by atoms with Gasteiger partial charge in [0.2, 0.25) is 11.8 Å². The zero-order valence-electron chi connectivity index (χ0n) is 13.8. The number of carbonyl (C=O) groups is 2. The number of nitrogens with one attached hydrogen (secondary N) is 2. The second-order valence-corrected chi connectivity index (χ2v) is 6.67. The van der Waals surface area contributed by atoms with Gasteiger partial charge < -0.3 is 15.7 Å². The van der Waals surface area contributed by atoms with Crippen molar-refractivity contribution in [1.82, 2.24) is 10.6 Å². The summed E-state index contributed by atoms with van der Waals surface area (Å²) in [7, 11) is 0. The molecule has 1 atom stereocenters. The Morgan fingerprint density at radius 3 is 2.09 bits per heavy atom. The van der Waals surface area contributed by atoms with Gasteiger partial charge in [0.15, 0.2) is 0 Å². The van der Waals surface area contributed by atoms with Gasteiger partial charge in [0.1, 0.15) is 0 Å². The van der Waals surface area contributed by atoms with E-state index in [2.05, 4.69) is 10.6 Å². The predicted molar refractivity (Wildman–Crippen MR) is 86.1 cm³/mol. The third-order valence-electron chi connectivity index (χ3n) is 3.31. The van der Waals surface area contributed by atoms with Crippen molar-refractivity contribution in [2.75, 3.05) is 13.1 Å². The summed E-state index contributed by atoms with van der Waals surface area (Å²) < 4.78 is 0. The van der Waals surface area contributed by atoms with E-state index in [1.165, 1.54) is 0 Å². The largest absolute Gasteiger partial charge is 0.385 e. The summed E-state index contributed by atoms with van der Waals surface area (Å²) in [6.07, 6.45) is -0.0236. The van der Waals surface area contributed by atoms with Gasteiger partial charge in [-0.25, -0.2) is 0 Å². The topological polar surface area (TPSA) is 78.4 Å². The summed E-state index contributed by atoms with van der Waals surface area (Å²) in [5, 5.41) is 15.8. The van der Waals surface area contributed by atoms with Crippen molar-refractivity contribution >= 4 is 11.8 Å². The minimum atomic E-state index is -1.21. The maximum absolute atomic E-state index is 11.9. The predicted octanol–water partition coefficient (Wildman–Crippen LogP) is 1.56. The minimum Gasteiger partial charge on any atom is -0.385 e. The van der Waals surface area contributed by atoms with Crippen molar-refractivity contribution in [3.8, 4) is 0 Å². The molecule has 0 bridgehead atoms. The van der Waals surface area contributed by atoms with Crippen LogP contribution in [0.3, 0.4) is 0 Å². The number of hydrogen-bond acceptors (Lipinski definition) is 3. The zero-order valence-corrected chi connectivity index (χ0v) is 13.8. The standard InChI is InChI=1S/C17H26N2O3/c1-16(2,3)15(21)19-11-10-18-14(20)12-17(4,22)13-8-6-5-7-9-13/h5-9,22H,10-12H2,1-4H3,(H,18,20)(H,19,21). The van der Waals surface area contributed by atoms with Crippen LogP contribution < -0.4 is 10.6 Å². The molecule has 1 unspecified atom stereocenters. The van der Waals surface area contributed by atoms with Crippen LogP contribution in [0.15, 0.2) is 30.3 Å². The van der Waals surface area contributed by atoms with E-state index in [-0.39, 0.29) is 18.2 Å². The first kappa shape index (κ1) is 18.2. The molecule has 1 aromatic carbocycles. The molecular formula is C17H26N2O3. The molecule has 0 spiro atoms. The first-order valence-electron chi connectivity index (χ1n) is 7.46. The van der Waals surface area contributed by atoms with Crippen molar-refractivity contribution in [2.45, 2.75) is 39.7 Å². The highest BCUT2D eigenvalue weighted by molar-refractivity contribution is 5.81. The lowest BCUT2D eigenvalue weighted by Gasteiger charge is -2.23. The Labute approximate surface area is 132 Å². The van der Waals surface area contributed by atoms with Crippen LogP contribution in [0.4, 0.5) is 0 Å². The van der Waals surface area contributed by atoms with Crippen LogP contribution in [0.2, 0.25) is 0 Å². The first-order valence-corrected chi connectivity index (χ1v) is 7.46. The van der Waals surface area contributed by atoms with Crippen LogP contribution in [0.1, 0.15) is 39.7 Å². The summed E-state index contributed by atoms with van der Waals surface area (Å²) in [6.45, 7) is 7.82. The molecule has 5 nitrogen and oxygen atoms in total. The van der Waals surface area contributed by atoms with Gasteiger partial charge in [-0.2, -0.15) is 0 Å². The second-order valence-electron chi connectivity index (χ2n) is 6.67. The Morgan fingerprint density at radius 2 is 1.55 bits per heavy atom. The molecule has 1 aromatic rings. The van der Waals surface area contributed by atoms with E-state index in [9.17, 15) is 14.7 Å². The Morgan fingerprint density at radius 1 is 1.00 bits per heavy atom. The molecule has 0 radical (unpaired) electrons. The van der Waals surface area contributed by atoms with E-state index in [0.717, 1.165) is 0 Å². The van der Waals surface area contributed by atoms with Crippen LogP contribution in [-0.2, 0) is 15.2 Å². The smallest absolute Gasteiger partial charge is 0.225 e. The van der Waals surface area contributed by atoms with Crippen LogP contribution in [0.25, 0.3) is 0 Å². The van der Waals surface area contributed by atoms with Crippen LogP contribution in [0, 0.1) is 5.41 Å². The third kappa shape index (κ3) is 5.85. The van der Waals surface area contributed by atoms with Gasteiger partial charge in [0.25, 0.3) is 0 Å². The van der Waals surface area contributed by atoms with Crippen molar-refractivity contribution in [1.29, 1.82) is 0 Å². The summed E-state index contributed by atoms with van der Waals surface area (Å²) >= 11 is 0. The average Bonchev–Trinajstić information content (AvgIpc) is 2.42. The molecule has 0 aromatic heterocycles. The highest BCUT2D eigenvalue weighted by Crippen LogP contribution is 2.23. The van der Waals surface area contributed by atoms with Gasteiger partial charge in [-0.1, -0.05) is 51.1 Å². The molecular weight excluding hydrogens is 280 g/mol. The zero-order chi connectivity index (χ0) is 16.8. The quantitative estimate of drug-likeness (QED) is 0.698. The number of benzene rings is 1. The summed E-state index contributed by atoms with van der Waals surface area (Å²) in [5.41, 5.74) is -0.952. The van der Waals surface area contributed by atoms with Gasteiger partial charge >= 0.3 is 0 Å². The minimum absolute atomic E-state index is 0.0236. The fourth-order valence-electron chi connectivity index (χ4n) is 1.92. The van der Waals surface area contributed by atoms with Gasteiger partial charge in [-0.3, -0.25) is 9.59 Å². The number of aliphatic hydroxyl groups is 1. The Kier molecular flexibility index (Phi) is 6.11. The molecule has 0 saturated carbocycles. The summed E-state index contributed by atoms with van der Waals surface area (Å²) in [5.74, 6) is -0.308. The molecule has 3 N–H and O–H groups in total. The monoisotopic (exact) mass is 306 g/mol. The maximum atomic E-state index is 11.9. The average molecular weight is 306 g/mol. The van der Waals surface area contributed by atoms with E-state index in [1.807, 2.05) is 39.0 Å². The lowest BCUT2D eigenvalue weighted by Crippen LogP contribution is -2.41. The first-order chi connectivity index (χ1) is 10.1. The van der Waals surface area contributed by atoms with Crippen molar-refractivity contribution < 1.29 is 14.7 Å². The fourth-order valence-corrected chi connectivity index (χ4v) is 1.92. The molecule has 0 fully saturated rings. The van der Waals surface area contributed by atoms with Gasteiger partial charge in [-0.05, 0) is 12.5 Å². The highest BCUT2D eigenvalue weighted by atomic mass is 16.3. The molecule has 122 valence electrons. The van der Waals surface area contributed by atoms with Crippen molar-refractivity contribution in [3.63, 3.8) is 0 Å². The molecule has 22 heavy (non-hydrogen) atoms. The van der Waals surface area contributed by atoms with Gasteiger partial charge in [0, 0.05) is 18.5 Å². The lowest BCUT2D eigenvalue weighted by atomic mass is 9.92. The summed E-state index contributed by atoms with van der Waals surface area (Å²) in [4.78, 5) is 23.5. The molecule has 5 heteroatoms. The Bertz CT molecular complexity index is 504. The van der Waals surface area contributed by atoms with Crippen LogP contribution in [0.5, 0.6) is 0 Å². The Balaban J connectivity index is 2.36. The molecule has 0 aliphatic heterocycles. The van der Waals surface area contributed by atoms with E-state index in [0.29, 0.717) is 18.7 Å². The van der Waals surface area contributed by atoms with E-state index in [4.69, 9.17) is 0 Å². The molecule has 1 rings (SSSR count). The van der Waals surface area contributed by atoms with Gasteiger partial charge in [0.05, 0.1) is 12.0 Å². The molecule has 0 heterocycles. The normalized spacial score (nSPS) is 14.0. The van der Waals surface area contributed by atoms with Crippen molar-refractivity contribution in [2.24, 2.45) is 5.41 Å². The SMILES string of the molecule is CC(C)(C)C(=O)NCCNC(=O)CC(C)(O)c1ccccc1. The van der Waals surface area contributed by atoms with Crippen LogP contribution in [-0.4, -0.2) is 30.0 Å². The number of amides is 2. The Hall–Kier alpha value is -1.88. The van der Waals surface area contributed by atoms with Crippen LogP contribution >= 0.6 is 0 Å². The van der Waals surface area contributed by atoms with Crippen molar-refractivity contribution in [3.05, 3.63) is 35.9 Å². The summed E-state index contributed by atoms with van der Waals surface area (Å²) in [6, 6.07) is 9.08. The van der Waals surface area contributed by atoms with E-state index in [1.54, 1.807) is 19.1 Å². The lowest BCUT2D eigenvalue weighted by molar-refractivity contribution is -0.129. The number of hydrogen-bond donors (Lipinski definition) is 3. The molecule has 2 amide bonds. The number of rotatable bonds is 6. The number of carbonyl (C=O) groups excluding carboxylic acids is 2. The maximum Gasteiger partial charge on any atom is 0.225 e. The second kappa shape index (κ2) is 7.40. The molecule has 0 aliphatic rings. The molecule has 0 saturated heterocycles. The van der Waals surface area contributed by atoms with Gasteiger partial charge in [-0.15, -0.1) is 0 Å².